The Hall–Kier alpha value is 0.00286. The fourth-order valence-corrected chi connectivity index (χ4v) is 33.2. The van der Waals surface area contributed by atoms with Crippen molar-refractivity contribution in [2.24, 2.45) is 0 Å². The molecular formula is C13H24GeO6S3. The van der Waals surface area contributed by atoms with Gasteiger partial charge in [-0.3, -0.25) is 0 Å². The number of hydrogen-bond acceptors (Lipinski definition) is 6. The Balaban J connectivity index is 5.05. The summed E-state index contributed by atoms with van der Waals surface area (Å²) in [5.74, 6) is -1.12. The molecule has 0 rings (SSSR count). The van der Waals surface area contributed by atoms with Gasteiger partial charge in [-0.1, -0.05) is 0 Å². The molecule has 134 valence electrons. The molecule has 0 aliphatic carbocycles. The van der Waals surface area contributed by atoms with Crippen LogP contribution in [0.4, 0.5) is 0 Å². The van der Waals surface area contributed by atoms with E-state index in [1.54, 1.807) is 30.3 Å². The molecule has 10 heteroatoms. The standard InChI is InChI=1S/C13H24GeO6S3/c1-13(2,3)14(21-7-4-10(15)16,22-8-5-11(17)18)23-9-6-12(19)20/h4-9H2,1-3H3,(H,15,16)(H,17,18)(H,19,20). The van der Waals surface area contributed by atoms with Crippen LogP contribution in [-0.4, -0.2) is 60.3 Å². The minimum atomic E-state index is -2.85. The van der Waals surface area contributed by atoms with Crippen molar-refractivity contribution >= 4 is 58.0 Å². The molecule has 0 spiro atoms. The Kier molecular flexibility index (Phi) is 10.8. The van der Waals surface area contributed by atoms with Gasteiger partial charge >= 0.3 is 149 Å². The Bertz CT molecular complexity index is 374. The van der Waals surface area contributed by atoms with E-state index in [9.17, 15) is 14.4 Å². The first-order chi connectivity index (χ1) is 10.5. The molecule has 0 aliphatic rings. The van der Waals surface area contributed by atoms with Crippen molar-refractivity contribution in [2.75, 3.05) is 17.3 Å². The van der Waals surface area contributed by atoms with Gasteiger partial charge in [-0.15, -0.1) is 0 Å². The van der Waals surface area contributed by atoms with Crippen LogP contribution in [0.2, 0.25) is 4.25 Å². The molecule has 0 atom stereocenters. The van der Waals surface area contributed by atoms with Crippen LogP contribution in [0.15, 0.2) is 0 Å². The molecule has 0 aromatic carbocycles. The van der Waals surface area contributed by atoms with Gasteiger partial charge in [0, 0.05) is 0 Å². The first-order valence-corrected chi connectivity index (χ1v) is 18.8. The summed E-state index contributed by atoms with van der Waals surface area (Å²) in [6, 6.07) is 0. The van der Waals surface area contributed by atoms with Crippen LogP contribution in [0.5, 0.6) is 0 Å². The third-order valence-corrected chi connectivity index (χ3v) is 40.6. The second-order valence-corrected chi connectivity index (χ2v) is 32.4. The molecule has 0 radical (unpaired) electrons. The van der Waals surface area contributed by atoms with Gasteiger partial charge in [0.05, 0.1) is 0 Å². The van der Waals surface area contributed by atoms with Gasteiger partial charge in [-0.2, -0.15) is 0 Å². The van der Waals surface area contributed by atoms with Crippen LogP contribution in [0.1, 0.15) is 40.0 Å². The average Bonchev–Trinajstić information content (AvgIpc) is 2.35. The Labute approximate surface area is 149 Å². The van der Waals surface area contributed by atoms with E-state index in [2.05, 4.69) is 20.8 Å². The number of carboxylic acid groups (broad SMARTS) is 3. The minimum absolute atomic E-state index is 0.0622. The molecule has 0 saturated heterocycles. The van der Waals surface area contributed by atoms with Gasteiger partial charge < -0.3 is 0 Å². The van der Waals surface area contributed by atoms with Crippen molar-refractivity contribution in [1.82, 2.24) is 0 Å². The van der Waals surface area contributed by atoms with E-state index >= 15 is 0 Å². The maximum absolute atomic E-state index is 10.8. The third-order valence-electron chi connectivity index (χ3n) is 2.74. The predicted octanol–water partition coefficient (Wildman–Crippen LogP) is 3.35. The van der Waals surface area contributed by atoms with Gasteiger partial charge in [0.1, 0.15) is 0 Å². The Morgan fingerprint density at radius 3 is 1.17 bits per heavy atom. The predicted molar refractivity (Wildman–Crippen MR) is 99.6 cm³/mol. The van der Waals surface area contributed by atoms with E-state index in [4.69, 9.17) is 15.3 Å². The molecule has 6 nitrogen and oxygen atoms in total. The number of carboxylic acids is 3. The van der Waals surface area contributed by atoms with Crippen LogP contribution in [0.25, 0.3) is 0 Å². The molecule has 23 heavy (non-hydrogen) atoms. The Morgan fingerprint density at radius 2 is 1.00 bits per heavy atom. The quantitative estimate of drug-likeness (QED) is 0.390. The number of rotatable bonds is 12. The monoisotopic (exact) mass is 446 g/mol. The Morgan fingerprint density at radius 1 is 0.739 bits per heavy atom. The van der Waals surface area contributed by atoms with Gasteiger partial charge in [-0.25, -0.2) is 0 Å². The van der Waals surface area contributed by atoms with E-state index in [1.165, 1.54) is 0 Å². The first kappa shape index (κ1) is 23.0. The molecule has 0 unspecified atom stereocenters. The summed E-state index contributed by atoms with van der Waals surface area (Å²) in [7, 11) is 2.11. The van der Waals surface area contributed by atoms with Crippen LogP contribution in [0, 0.1) is 0 Å². The van der Waals surface area contributed by atoms with Gasteiger partial charge in [0.2, 0.25) is 0 Å². The summed E-state index contributed by atoms with van der Waals surface area (Å²) in [6.07, 6.45) is 0.187. The van der Waals surface area contributed by atoms with E-state index in [-0.39, 0.29) is 23.5 Å². The fraction of sp³-hybridized carbons (Fsp3) is 0.769. The SMILES string of the molecule is C[C](C)(C)[Ge]([S]CCC(=O)O)([S]CCC(=O)O)[S]CCC(=O)O. The van der Waals surface area contributed by atoms with E-state index in [0.29, 0.717) is 17.3 Å². The van der Waals surface area contributed by atoms with Gasteiger partial charge in [-0.05, 0) is 0 Å². The molecule has 0 bridgehead atoms. The zero-order valence-corrected chi connectivity index (χ0v) is 18.1. The molecule has 0 aromatic rings. The summed E-state index contributed by atoms with van der Waals surface area (Å²) >= 11 is 0. The zero-order chi connectivity index (χ0) is 18.1. The zero-order valence-electron chi connectivity index (χ0n) is 13.5. The number of carbonyl (C=O) groups is 3. The van der Waals surface area contributed by atoms with Crippen molar-refractivity contribution in [1.29, 1.82) is 0 Å². The van der Waals surface area contributed by atoms with E-state index < -0.39 is 27.7 Å². The maximum atomic E-state index is 10.8. The second-order valence-electron chi connectivity index (χ2n) is 5.78. The molecule has 0 saturated carbocycles. The van der Waals surface area contributed by atoms with Crippen LogP contribution in [0.3, 0.4) is 0 Å². The van der Waals surface area contributed by atoms with Crippen molar-refractivity contribution in [3.63, 3.8) is 0 Å². The van der Waals surface area contributed by atoms with Crippen molar-refractivity contribution < 1.29 is 29.7 Å². The van der Waals surface area contributed by atoms with Crippen LogP contribution >= 0.6 is 30.3 Å². The van der Waals surface area contributed by atoms with Crippen molar-refractivity contribution in [3.05, 3.63) is 0 Å². The normalized spacial score (nSPS) is 12.1. The van der Waals surface area contributed by atoms with Gasteiger partial charge in [0.15, 0.2) is 0 Å². The van der Waals surface area contributed by atoms with Crippen LogP contribution < -0.4 is 0 Å². The number of hydrogen-bond donors (Lipinski definition) is 3. The molecular weight excluding hydrogens is 421 g/mol. The summed E-state index contributed by atoms with van der Waals surface area (Å²) in [5, 5.41) is 26.5. The summed E-state index contributed by atoms with van der Waals surface area (Å²) in [6.45, 7) is 6.26. The van der Waals surface area contributed by atoms with E-state index in [0.717, 1.165) is 0 Å². The van der Waals surface area contributed by atoms with Gasteiger partial charge in [0.25, 0.3) is 0 Å². The molecule has 0 fully saturated rings. The first-order valence-electron chi connectivity index (χ1n) is 7.07. The molecule has 3 N–H and O–H groups in total. The summed E-state index contributed by atoms with van der Waals surface area (Å²) in [4.78, 5) is 32.3. The average molecular weight is 445 g/mol. The third kappa shape index (κ3) is 9.78. The van der Waals surface area contributed by atoms with Crippen molar-refractivity contribution in [3.8, 4) is 0 Å². The molecule has 0 aliphatic heterocycles. The molecule has 0 amide bonds. The van der Waals surface area contributed by atoms with E-state index in [1.807, 2.05) is 0 Å². The second kappa shape index (κ2) is 10.8. The molecule has 0 heterocycles. The fourth-order valence-electron chi connectivity index (χ4n) is 1.59. The number of aliphatic carboxylic acids is 3. The topological polar surface area (TPSA) is 112 Å². The van der Waals surface area contributed by atoms with Crippen LogP contribution in [-0.2, 0) is 14.4 Å². The summed E-state index contributed by atoms with van der Waals surface area (Å²) in [5.41, 5.74) is 0. The van der Waals surface area contributed by atoms with Crippen molar-refractivity contribution in [2.45, 2.75) is 44.3 Å². The molecule has 0 aromatic heterocycles. The summed E-state index contributed by atoms with van der Waals surface area (Å²) < 4.78 is -0.0739.